The van der Waals surface area contributed by atoms with Gasteiger partial charge in [0.25, 0.3) is 0 Å². The predicted octanol–water partition coefficient (Wildman–Crippen LogP) is 6.24. The summed E-state index contributed by atoms with van der Waals surface area (Å²) in [6.45, 7) is 9.46. The number of carbonyl (C=O) groups is 2. The van der Waals surface area contributed by atoms with Crippen LogP contribution in [-0.2, 0) is 14.3 Å². The summed E-state index contributed by atoms with van der Waals surface area (Å²) in [4.78, 5) is 21.8. The van der Waals surface area contributed by atoms with Crippen LogP contribution in [0.25, 0.3) is 0 Å². The third-order valence-electron chi connectivity index (χ3n) is 4.47. The molecule has 1 atom stereocenters. The van der Waals surface area contributed by atoms with Gasteiger partial charge in [-0.2, -0.15) is 10.5 Å². The van der Waals surface area contributed by atoms with Gasteiger partial charge in [0.1, 0.15) is 11.6 Å². The van der Waals surface area contributed by atoms with Gasteiger partial charge in [0.2, 0.25) is 0 Å². The Balaban J connectivity index is 0. The van der Waals surface area contributed by atoms with Gasteiger partial charge in [-0.1, -0.05) is 71.8 Å². The molecule has 168 valence electrons. The number of allylic oxidation sites excluding steroid dienone is 1. The summed E-state index contributed by atoms with van der Waals surface area (Å²) >= 11 is 0. The number of nitriles is 2. The van der Waals surface area contributed by atoms with Gasteiger partial charge in [-0.05, 0) is 32.6 Å². The summed E-state index contributed by atoms with van der Waals surface area (Å²) in [5, 5.41) is 25.5. The summed E-state index contributed by atoms with van der Waals surface area (Å²) in [5.41, 5.74) is 0.100. The monoisotopic (exact) mass is 418 g/mol. The van der Waals surface area contributed by atoms with E-state index < -0.39 is 11.9 Å². The molecule has 0 aromatic heterocycles. The second kappa shape index (κ2) is 21.1. The van der Waals surface area contributed by atoms with E-state index in [1.807, 2.05) is 6.92 Å². The van der Waals surface area contributed by atoms with Crippen molar-refractivity contribution >= 4 is 11.9 Å². The van der Waals surface area contributed by atoms with Crippen molar-refractivity contribution in [2.24, 2.45) is 0 Å². The normalized spacial score (nSPS) is 11.3. The van der Waals surface area contributed by atoms with Crippen LogP contribution < -0.4 is 0 Å². The fourth-order valence-electron chi connectivity index (χ4n) is 2.63. The molecule has 0 aromatic rings. The Hall–Kier alpha value is -2.60. The maximum atomic E-state index is 11.1. The van der Waals surface area contributed by atoms with Crippen molar-refractivity contribution in [1.82, 2.24) is 0 Å². The minimum atomic E-state index is -0.967. The molecule has 0 radical (unpaired) electrons. The summed E-state index contributed by atoms with van der Waals surface area (Å²) in [5.74, 6) is -1.56. The van der Waals surface area contributed by atoms with Crippen LogP contribution in [0.1, 0.15) is 97.8 Å². The first-order chi connectivity index (χ1) is 14.3. The zero-order valence-corrected chi connectivity index (χ0v) is 18.9. The van der Waals surface area contributed by atoms with Crippen LogP contribution in [0.2, 0.25) is 0 Å². The van der Waals surface area contributed by atoms with Gasteiger partial charge < -0.3 is 9.84 Å². The summed E-state index contributed by atoms with van der Waals surface area (Å²) < 4.78 is 5.02. The molecule has 0 bridgehead atoms. The highest BCUT2D eigenvalue weighted by atomic mass is 16.5. The number of aliphatic carboxylic acids is 1. The molecule has 0 aliphatic carbocycles. The van der Waals surface area contributed by atoms with Crippen LogP contribution in [0.3, 0.4) is 0 Å². The largest absolute Gasteiger partial charge is 0.478 e. The lowest BCUT2D eigenvalue weighted by atomic mass is 10.1. The SMILES string of the molecule is C=C(C#N)C(=O)OC(C)CCCCCC.CCCCCCCCC(=CC#N)C(=O)O. The molecule has 0 aliphatic rings. The van der Waals surface area contributed by atoms with Crippen molar-refractivity contribution in [3.8, 4) is 12.1 Å². The zero-order chi connectivity index (χ0) is 23.2. The van der Waals surface area contributed by atoms with Crippen LogP contribution >= 0.6 is 0 Å². The van der Waals surface area contributed by atoms with Crippen molar-refractivity contribution < 1.29 is 19.4 Å². The Morgan fingerprint density at radius 1 is 1.00 bits per heavy atom. The Morgan fingerprint density at radius 2 is 1.53 bits per heavy atom. The molecule has 0 aliphatic heterocycles. The van der Waals surface area contributed by atoms with Crippen molar-refractivity contribution in [2.45, 2.75) is 104 Å². The van der Waals surface area contributed by atoms with Gasteiger partial charge >= 0.3 is 11.9 Å². The van der Waals surface area contributed by atoms with Crippen molar-refractivity contribution in [3.05, 3.63) is 23.8 Å². The molecule has 0 saturated heterocycles. The number of ether oxygens (including phenoxy) is 1. The lowest BCUT2D eigenvalue weighted by molar-refractivity contribution is -0.143. The number of esters is 1. The average molecular weight is 419 g/mol. The van der Waals surface area contributed by atoms with Crippen LogP contribution in [0.15, 0.2) is 23.8 Å². The standard InChI is InChI=1S/2C12H19NO2/c1-4-5-6-7-8-11(3)15-12(14)10(2)9-13;1-2-3-4-5-6-7-8-11(9-10-13)12(14)15/h11H,2,4-8H2,1,3H3;9H,2-8H2,1H3,(H,14,15). The van der Waals surface area contributed by atoms with E-state index in [1.165, 1.54) is 32.1 Å². The minimum Gasteiger partial charge on any atom is -0.478 e. The third-order valence-corrected chi connectivity index (χ3v) is 4.47. The fourth-order valence-corrected chi connectivity index (χ4v) is 2.63. The minimum absolute atomic E-state index is 0.126. The zero-order valence-electron chi connectivity index (χ0n) is 18.9. The number of nitrogens with zero attached hydrogens (tertiary/aromatic N) is 2. The molecule has 0 heterocycles. The average Bonchev–Trinajstić information content (AvgIpc) is 2.72. The maximum Gasteiger partial charge on any atom is 0.348 e. The number of hydrogen-bond acceptors (Lipinski definition) is 5. The van der Waals surface area contributed by atoms with Gasteiger partial charge in [0.15, 0.2) is 0 Å². The highest BCUT2D eigenvalue weighted by molar-refractivity contribution is 5.92. The molecule has 6 nitrogen and oxygen atoms in total. The topological polar surface area (TPSA) is 111 Å². The molecule has 0 amide bonds. The number of rotatable bonds is 15. The van der Waals surface area contributed by atoms with E-state index in [-0.39, 0.29) is 17.3 Å². The first-order valence-corrected chi connectivity index (χ1v) is 11.0. The third kappa shape index (κ3) is 18.7. The Morgan fingerprint density at radius 3 is 2.03 bits per heavy atom. The summed E-state index contributed by atoms with van der Waals surface area (Å²) in [6, 6.07) is 3.44. The van der Waals surface area contributed by atoms with E-state index in [0.717, 1.165) is 44.6 Å². The van der Waals surface area contributed by atoms with E-state index >= 15 is 0 Å². The van der Waals surface area contributed by atoms with Crippen LogP contribution in [0.4, 0.5) is 0 Å². The quantitative estimate of drug-likeness (QED) is 0.146. The van der Waals surface area contributed by atoms with Gasteiger partial charge in [-0.25, -0.2) is 9.59 Å². The lowest BCUT2D eigenvalue weighted by Crippen LogP contribution is -2.15. The number of carbonyl (C=O) groups excluding carboxylic acids is 1. The first-order valence-electron chi connectivity index (χ1n) is 11.0. The van der Waals surface area contributed by atoms with Crippen molar-refractivity contribution in [3.63, 3.8) is 0 Å². The molecule has 0 spiro atoms. The van der Waals surface area contributed by atoms with Crippen LogP contribution in [0.5, 0.6) is 0 Å². The number of unbranched alkanes of at least 4 members (excludes halogenated alkanes) is 8. The Labute approximate surface area is 182 Å². The number of carboxylic acid groups (broad SMARTS) is 1. The van der Waals surface area contributed by atoms with E-state index in [2.05, 4.69) is 20.4 Å². The van der Waals surface area contributed by atoms with E-state index in [0.29, 0.717) is 6.42 Å². The Kier molecular flexibility index (Phi) is 20.8. The van der Waals surface area contributed by atoms with Gasteiger partial charge in [0, 0.05) is 11.6 Å². The molecular formula is C24H38N2O4. The van der Waals surface area contributed by atoms with Crippen LogP contribution in [-0.4, -0.2) is 23.1 Å². The number of hydrogen-bond donors (Lipinski definition) is 1. The highest BCUT2D eigenvalue weighted by Crippen LogP contribution is 2.12. The van der Waals surface area contributed by atoms with Crippen molar-refractivity contribution in [1.29, 1.82) is 10.5 Å². The fraction of sp³-hybridized carbons (Fsp3) is 0.667. The molecule has 30 heavy (non-hydrogen) atoms. The second-order valence-electron chi connectivity index (χ2n) is 7.28. The molecule has 0 fully saturated rings. The molecule has 0 saturated carbocycles. The first kappa shape index (κ1) is 29.6. The smallest absolute Gasteiger partial charge is 0.348 e. The van der Waals surface area contributed by atoms with E-state index in [4.69, 9.17) is 20.4 Å². The molecule has 6 heteroatoms. The van der Waals surface area contributed by atoms with Crippen LogP contribution in [0, 0.1) is 22.7 Å². The number of carboxylic acids is 1. The molecule has 0 rings (SSSR count). The molecule has 1 unspecified atom stereocenters. The lowest BCUT2D eigenvalue weighted by Gasteiger charge is -2.11. The molecule has 0 aromatic carbocycles. The summed E-state index contributed by atoms with van der Waals surface area (Å²) in [6.07, 6.45) is 13.8. The molecule has 1 N–H and O–H groups in total. The van der Waals surface area contributed by atoms with E-state index in [1.54, 1.807) is 12.1 Å². The Bertz CT molecular complexity index is 612. The second-order valence-corrected chi connectivity index (χ2v) is 7.28. The highest BCUT2D eigenvalue weighted by Gasteiger charge is 2.12. The predicted molar refractivity (Wildman–Crippen MR) is 118 cm³/mol. The van der Waals surface area contributed by atoms with Gasteiger partial charge in [-0.15, -0.1) is 0 Å². The maximum absolute atomic E-state index is 11.1. The van der Waals surface area contributed by atoms with E-state index in [9.17, 15) is 9.59 Å². The summed E-state index contributed by atoms with van der Waals surface area (Å²) in [7, 11) is 0. The van der Waals surface area contributed by atoms with Crippen molar-refractivity contribution in [2.75, 3.05) is 0 Å². The molecular weight excluding hydrogens is 380 g/mol. The van der Waals surface area contributed by atoms with Gasteiger partial charge in [0.05, 0.1) is 12.2 Å². The van der Waals surface area contributed by atoms with Gasteiger partial charge in [-0.3, -0.25) is 0 Å².